The van der Waals surface area contributed by atoms with Gasteiger partial charge in [-0.25, -0.2) is 0 Å². The zero-order valence-electron chi connectivity index (χ0n) is 8.78. The second kappa shape index (κ2) is 4.98. The summed E-state index contributed by atoms with van der Waals surface area (Å²) in [6, 6.07) is 5.59. The van der Waals surface area contributed by atoms with Crippen LogP contribution in [0.5, 0.6) is 5.75 Å². The van der Waals surface area contributed by atoms with Crippen LogP contribution >= 0.6 is 0 Å². The van der Waals surface area contributed by atoms with Gasteiger partial charge < -0.3 is 14.6 Å². The molecular formula is C11H16O3. The average molecular weight is 196 g/mol. The van der Waals surface area contributed by atoms with E-state index in [0.29, 0.717) is 6.61 Å². The Kier molecular flexibility index (Phi) is 3.92. The van der Waals surface area contributed by atoms with Crippen LogP contribution in [0.2, 0.25) is 0 Å². The van der Waals surface area contributed by atoms with Gasteiger partial charge in [-0.3, -0.25) is 0 Å². The van der Waals surface area contributed by atoms with Crippen molar-refractivity contribution in [2.45, 2.75) is 13.0 Å². The number of benzene rings is 1. The number of aliphatic hydroxyl groups excluding tert-OH is 1. The molecule has 0 spiro atoms. The van der Waals surface area contributed by atoms with E-state index in [4.69, 9.17) is 9.47 Å². The summed E-state index contributed by atoms with van der Waals surface area (Å²) in [5.74, 6) is 0.802. The van der Waals surface area contributed by atoms with Crippen LogP contribution in [0.15, 0.2) is 18.2 Å². The molecular weight excluding hydrogens is 180 g/mol. The van der Waals surface area contributed by atoms with Crippen LogP contribution in [0.25, 0.3) is 0 Å². The lowest BCUT2D eigenvalue weighted by Gasteiger charge is -2.13. The second-order valence-corrected chi connectivity index (χ2v) is 3.19. The molecule has 0 heterocycles. The van der Waals surface area contributed by atoms with E-state index >= 15 is 0 Å². The Labute approximate surface area is 84.3 Å². The highest BCUT2D eigenvalue weighted by Gasteiger charge is 2.10. The molecule has 1 unspecified atom stereocenters. The highest BCUT2D eigenvalue weighted by Crippen LogP contribution is 2.22. The van der Waals surface area contributed by atoms with Gasteiger partial charge >= 0.3 is 0 Å². The molecule has 1 rings (SSSR count). The van der Waals surface area contributed by atoms with Crippen molar-refractivity contribution in [1.29, 1.82) is 0 Å². The molecule has 0 aliphatic rings. The number of aryl methyl sites for hydroxylation is 1. The quantitative estimate of drug-likeness (QED) is 0.796. The van der Waals surface area contributed by atoms with Gasteiger partial charge in [-0.2, -0.15) is 0 Å². The van der Waals surface area contributed by atoms with Crippen LogP contribution in [0.4, 0.5) is 0 Å². The van der Waals surface area contributed by atoms with Crippen molar-refractivity contribution in [3.8, 4) is 5.75 Å². The Hall–Kier alpha value is -1.06. The van der Waals surface area contributed by atoms with E-state index in [2.05, 4.69) is 0 Å². The van der Waals surface area contributed by atoms with Gasteiger partial charge in [0.2, 0.25) is 0 Å². The molecule has 0 fully saturated rings. The molecule has 1 aromatic rings. The molecule has 0 radical (unpaired) electrons. The Morgan fingerprint density at radius 1 is 1.36 bits per heavy atom. The van der Waals surface area contributed by atoms with Crippen LogP contribution < -0.4 is 4.74 Å². The lowest BCUT2D eigenvalue weighted by atomic mass is 10.0. The van der Waals surface area contributed by atoms with E-state index in [9.17, 15) is 5.11 Å². The maximum atomic E-state index is 9.70. The average Bonchev–Trinajstić information content (AvgIpc) is 2.17. The monoisotopic (exact) mass is 196 g/mol. The Balaban J connectivity index is 2.88. The molecule has 1 aromatic carbocycles. The fraction of sp³-hybridized carbons (Fsp3) is 0.455. The molecule has 1 atom stereocenters. The molecule has 0 bridgehead atoms. The number of hydrogen-bond acceptors (Lipinski definition) is 3. The number of ether oxygens (including phenoxy) is 2. The summed E-state index contributed by atoms with van der Waals surface area (Å²) in [6.07, 6.45) is -0.564. The van der Waals surface area contributed by atoms with Crippen LogP contribution in [-0.2, 0) is 4.74 Å². The van der Waals surface area contributed by atoms with E-state index in [1.165, 1.54) is 0 Å². The fourth-order valence-corrected chi connectivity index (χ4v) is 1.40. The van der Waals surface area contributed by atoms with Crippen molar-refractivity contribution in [3.63, 3.8) is 0 Å². The predicted molar refractivity (Wildman–Crippen MR) is 54.6 cm³/mol. The fourth-order valence-electron chi connectivity index (χ4n) is 1.40. The Morgan fingerprint density at radius 3 is 2.57 bits per heavy atom. The maximum absolute atomic E-state index is 9.70. The molecule has 14 heavy (non-hydrogen) atoms. The van der Waals surface area contributed by atoms with Crippen molar-refractivity contribution >= 4 is 0 Å². The summed E-state index contributed by atoms with van der Waals surface area (Å²) in [7, 11) is 3.20. The summed E-state index contributed by atoms with van der Waals surface area (Å²) in [4.78, 5) is 0. The van der Waals surface area contributed by atoms with Crippen molar-refractivity contribution in [3.05, 3.63) is 29.3 Å². The highest BCUT2D eigenvalue weighted by atomic mass is 16.5. The van der Waals surface area contributed by atoms with Crippen LogP contribution in [0.3, 0.4) is 0 Å². The molecule has 0 amide bonds. The first-order valence-electron chi connectivity index (χ1n) is 4.50. The van der Waals surface area contributed by atoms with Gasteiger partial charge in [-0.05, 0) is 30.2 Å². The minimum Gasteiger partial charge on any atom is -0.497 e. The normalized spacial score (nSPS) is 12.6. The second-order valence-electron chi connectivity index (χ2n) is 3.19. The SMILES string of the molecule is COCC(O)c1ccc(OC)cc1C. The molecule has 78 valence electrons. The van der Waals surface area contributed by atoms with Crippen LogP contribution in [0.1, 0.15) is 17.2 Å². The molecule has 1 N–H and O–H groups in total. The van der Waals surface area contributed by atoms with Gasteiger partial charge in [0.05, 0.1) is 13.7 Å². The minimum absolute atomic E-state index is 0.313. The summed E-state index contributed by atoms with van der Waals surface area (Å²) in [5, 5.41) is 9.70. The third kappa shape index (κ3) is 2.47. The standard InChI is InChI=1S/C11H16O3/c1-8-6-9(14-3)4-5-10(8)11(12)7-13-2/h4-6,11-12H,7H2,1-3H3. The van der Waals surface area contributed by atoms with E-state index in [1.54, 1.807) is 14.2 Å². The third-order valence-corrected chi connectivity index (χ3v) is 2.16. The summed E-state index contributed by atoms with van der Waals surface area (Å²) < 4.78 is 9.97. The van der Waals surface area contributed by atoms with Gasteiger partial charge in [0.25, 0.3) is 0 Å². The predicted octanol–water partition coefficient (Wildman–Crippen LogP) is 1.68. The van der Waals surface area contributed by atoms with E-state index < -0.39 is 6.10 Å². The number of hydrogen-bond donors (Lipinski definition) is 1. The van der Waals surface area contributed by atoms with Crippen molar-refractivity contribution in [1.82, 2.24) is 0 Å². The molecule has 0 saturated heterocycles. The molecule has 0 aliphatic carbocycles. The third-order valence-electron chi connectivity index (χ3n) is 2.16. The van der Waals surface area contributed by atoms with Crippen LogP contribution in [-0.4, -0.2) is 25.9 Å². The van der Waals surface area contributed by atoms with Gasteiger partial charge in [-0.15, -0.1) is 0 Å². The zero-order valence-corrected chi connectivity index (χ0v) is 8.78. The Bertz CT molecular complexity index is 297. The van der Waals surface area contributed by atoms with Crippen LogP contribution in [0, 0.1) is 6.92 Å². The first-order chi connectivity index (χ1) is 6.69. The molecule has 3 nitrogen and oxygen atoms in total. The number of rotatable bonds is 4. The first kappa shape index (κ1) is 11.0. The van der Waals surface area contributed by atoms with Crippen molar-refractivity contribution in [2.24, 2.45) is 0 Å². The lowest BCUT2D eigenvalue weighted by Crippen LogP contribution is -2.06. The highest BCUT2D eigenvalue weighted by molar-refractivity contribution is 5.36. The molecule has 3 heteroatoms. The summed E-state index contributed by atoms with van der Waals surface area (Å²) in [5.41, 5.74) is 1.89. The molecule has 0 saturated carbocycles. The van der Waals surface area contributed by atoms with Gasteiger partial charge in [0.1, 0.15) is 11.9 Å². The summed E-state index contributed by atoms with van der Waals surface area (Å²) >= 11 is 0. The van der Waals surface area contributed by atoms with Gasteiger partial charge in [-0.1, -0.05) is 6.07 Å². The first-order valence-corrected chi connectivity index (χ1v) is 4.50. The smallest absolute Gasteiger partial charge is 0.119 e. The largest absolute Gasteiger partial charge is 0.497 e. The van der Waals surface area contributed by atoms with Crippen molar-refractivity contribution < 1.29 is 14.6 Å². The molecule has 0 aromatic heterocycles. The minimum atomic E-state index is -0.564. The lowest BCUT2D eigenvalue weighted by molar-refractivity contribution is 0.0640. The van der Waals surface area contributed by atoms with Gasteiger partial charge in [0, 0.05) is 7.11 Å². The molecule has 0 aliphatic heterocycles. The maximum Gasteiger partial charge on any atom is 0.119 e. The van der Waals surface area contributed by atoms with Crippen molar-refractivity contribution in [2.75, 3.05) is 20.8 Å². The van der Waals surface area contributed by atoms with Gasteiger partial charge in [0.15, 0.2) is 0 Å². The number of methoxy groups -OCH3 is 2. The van der Waals surface area contributed by atoms with E-state index in [1.807, 2.05) is 25.1 Å². The summed E-state index contributed by atoms with van der Waals surface area (Å²) in [6.45, 7) is 2.25. The van der Waals surface area contributed by atoms with E-state index in [-0.39, 0.29) is 0 Å². The zero-order chi connectivity index (χ0) is 10.6. The Morgan fingerprint density at radius 2 is 2.07 bits per heavy atom. The topological polar surface area (TPSA) is 38.7 Å². The number of aliphatic hydroxyl groups is 1. The van der Waals surface area contributed by atoms with E-state index in [0.717, 1.165) is 16.9 Å².